The van der Waals surface area contributed by atoms with Gasteiger partial charge in [0.1, 0.15) is 11.4 Å². The molecular formula is C20H24N2O. The van der Waals surface area contributed by atoms with Gasteiger partial charge in [0.15, 0.2) is 5.72 Å². The zero-order chi connectivity index (χ0) is 15.9. The zero-order valence-corrected chi connectivity index (χ0v) is 14.0. The van der Waals surface area contributed by atoms with Gasteiger partial charge in [-0.25, -0.2) is 0 Å². The summed E-state index contributed by atoms with van der Waals surface area (Å²) >= 11 is 0. The molecule has 0 amide bonds. The van der Waals surface area contributed by atoms with Crippen LogP contribution in [0.25, 0.3) is 10.8 Å². The fraction of sp³-hybridized carbons (Fsp3) is 0.450. The third-order valence-corrected chi connectivity index (χ3v) is 4.89. The van der Waals surface area contributed by atoms with E-state index in [4.69, 9.17) is 9.73 Å². The highest BCUT2D eigenvalue weighted by atomic mass is 16.5. The van der Waals surface area contributed by atoms with Crippen LogP contribution in [0.1, 0.15) is 33.1 Å². The van der Waals surface area contributed by atoms with Crippen molar-refractivity contribution in [2.75, 3.05) is 13.1 Å². The van der Waals surface area contributed by atoms with E-state index < -0.39 is 0 Å². The van der Waals surface area contributed by atoms with Crippen LogP contribution in [0.2, 0.25) is 0 Å². The first-order valence-electron chi connectivity index (χ1n) is 8.69. The van der Waals surface area contributed by atoms with Crippen molar-refractivity contribution in [2.45, 2.75) is 38.8 Å². The lowest BCUT2D eigenvalue weighted by Crippen LogP contribution is -2.55. The Bertz CT molecular complexity index is 746. The molecule has 23 heavy (non-hydrogen) atoms. The summed E-state index contributed by atoms with van der Waals surface area (Å²) in [5.74, 6) is 1.47. The van der Waals surface area contributed by atoms with Crippen LogP contribution in [0.15, 0.2) is 41.4 Å². The SMILES string of the molecule is CC(C)CC1(N2CCCC2)C=Nc2c(ccc3ccccc23)O1. The monoisotopic (exact) mass is 308 g/mol. The van der Waals surface area contributed by atoms with E-state index in [1.165, 1.54) is 23.6 Å². The molecule has 0 aromatic heterocycles. The Hall–Kier alpha value is -1.87. The van der Waals surface area contributed by atoms with Crippen molar-refractivity contribution in [3.63, 3.8) is 0 Å². The molecule has 1 atom stereocenters. The zero-order valence-electron chi connectivity index (χ0n) is 14.0. The molecule has 2 heterocycles. The van der Waals surface area contributed by atoms with Gasteiger partial charge in [0, 0.05) is 24.9 Å². The van der Waals surface area contributed by atoms with Crippen LogP contribution < -0.4 is 4.74 Å². The highest BCUT2D eigenvalue weighted by Gasteiger charge is 2.42. The molecule has 0 radical (unpaired) electrons. The normalized spacial score (nSPS) is 24.1. The highest BCUT2D eigenvalue weighted by Crippen LogP contribution is 2.43. The van der Waals surface area contributed by atoms with Crippen molar-refractivity contribution in [2.24, 2.45) is 10.9 Å². The molecule has 1 fully saturated rings. The second-order valence-electron chi connectivity index (χ2n) is 7.13. The van der Waals surface area contributed by atoms with Crippen molar-refractivity contribution in [1.29, 1.82) is 0 Å². The molecule has 0 aliphatic carbocycles. The Morgan fingerprint density at radius 1 is 1.13 bits per heavy atom. The number of benzene rings is 2. The van der Waals surface area contributed by atoms with E-state index in [-0.39, 0.29) is 5.72 Å². The maximum absolute atomic E-state index is 6.60. The first kappa shape index (κ1) is 14.7. The maximum Gasteiger partial charge on any atom is 0.200 e. The van der Waals surface area contributed by atoms with Crippen LogP contribution in [0.5, 0.6) is 5.75 Å². The van der Waals surface area contributed by atoms with Crippen molar-refractivity contribution in [3.8, 4) is 5.75 Å². The molecule has 0 bridgehead atoms. The lowest BCUT2D eigenvalue weighted by Gasteiger charge is -2.42. The summed E-state index contributed by atoms with van der Waals surface area (Å²) in [6.45, 7) is 6.71. The molecule has 3 heteroatoms. The first-order valence-corrected chi connectivity index (χ1v) is 8.69. The number of likely N-dealkylation sites (tertiary alicyclic amines) is 1. The van der Waals surface area contributed by atoms with Crippen molar-refractivity contribution in [3.05, 3.63) is 36.4 Å². The van der Waals surface area contributed by atoms with Crippen LogP contribution in [0.4, 0.5) is 5.69 Å². The average molecular weight is 308 g/mol. The number of fused-ring (bicyclic) bond motifs is 3. The first-order chi connectivity index (χ1) is 11.2. The van der Waals surface area contributed by atoms with Gasteiger partial charge in [-0.1, -0.05) is 44.2 Å². The molecule has 120 valence electrons. The van der Waals surface area contributed by atoms with Gasteiger partial charge in [-0.2, -0.15) is 0 Å². The summed E-state index contributed by atoms with van der Waals surface area (Å²) in [5.41, 5.74) is 0.599. The molecule has 1 saturated heterocycles. The highest BCUT2D eigenvalue weighted by molar-refractivity contribution is 5.98. The van der Waals surface area contributed by atoms with E-state index in [1.807, 2.05) is 0 Å². The summed E-state index contributed by atoms with van der Waals surface area (Å²) in [5, 5.41) is 2.38. The molecule has 0 saturated carbocycles. The number of hydrogen-bond donors (Lipinski definition) is 0. The lowest BCUT2D eigenvalue weighted by molar-refractivity contribution is -0.0259. The second-order valence-corrected chi connectivity index (χ2v) is 7.13. The van der Waals surface area contributed by atoms with Crippen LogP contribution in [-0.2, 0) is 0 Å². The van der Waals surface area contributed by atoms with Crippen molar-refractivity contribution >= 4 is 22.7 Å². The summed E-state index contributed by atoms with van der Waals surface area (Å²) in [4.78, 5) is 7.35. The third-order valence-electron chi connectivity index (χ3n) is 4.89. The Balaban J connectivity index is 1.79. The van der Waals surface area contributed by atoms with E-state index in [9.17, 15) is 0 Å². The summed E-state index contributed by atoms with van der Waals surface area (Å²) in [6, 6.07) is 12.6. The predicted octanol–water partition coefficient (Wildman–Crippen LogP) is 4.77. The molecule has 2 aliphatic rings. The molecule has 1 unspecified atom stereocenters. The summed E-state index contributed by atoms with van der Waals surface area (Å²) < 4.78 is 6.60. The molecule has 0 N–H and O–H groups in total. The van der Waals surface area contributed by atoms with Gasteiger partial charge in [0.25, 0.3) is 0 Å². The van der Waals surface area contributed by atoms with Gasteiger partial charge >= 0.3 is 0 Å². The Kier molecular flexibility index (Phi) is 3.61. The Labute approximate surface area is 138 Å². The van der Waals surface area contributed by atoms with E-state index in [2.05, 4.69) is 61.4 Å². The molecular weight excluding hydrogens is 284 g/mol. The standard InChI is InChI=1S/C20H24N2O/c1-15(2)13-20(22-11-5-6-12-22)14-21-19-17-8-4-3-7-16(17)9-10-18(19)23-20/h3-4,7-10,14-15H,5-6,11-13H2,1-2H3. The van der Waals surface area contributed by atoms with Crippen molar-refractivity contribution < 1.29 is 4.74 Å². The smallest absolute Gasteiger partial charge is 0.200 e. The van der Waals surface area contributed by atoms with Gasteiger partial charge in [0.05, 0.1) is 6.21 Å². The number of hydrogen-bond acceptors (Lipinski definition) is 3. The molecule has 0 spiro atoms. The quantitative estimate of drug-likeness (QED) is 0.815. The van der Waals surface area contributed by atoms with Crippen molar-refractivity contribution in [1.82, 2.24) is 4.90 Å². The number of aliphatic imine (C=N–C) groups is 1. The minimum atomic E-state index is -0.375. The lowest BCUT2D eigenvalue weighted by atomic mass is 9.97. The number of rotatable bonds is 3. The van der Waals surface area contributed by atoms with Gasteiger partial charge in [-0.15, -0.1) is 0 Å². The van der Waals surface area contributed by atoms with E-state index in [0.29, 0.717) is 5.92 Å². The van der Waals surface area contributed by atoms with Gasteiger partial charge < -0.3 is 4.74 Å². The number of ether oxygens (including phenoxy) is 1. The second kappa shape index (κ2) is 5.64. The molecule has 3 nitrogen and oxygen atoms in total. The van der Waals surface area contributed by atoms with E-state index in [0.717, 1.165) is 30.9 Å². The third kappa shape index (κ3) is 2.53. The molecule has 2 aromatic rings. The topological polar surface area (TPSA) is 24.8 Å². The van der Waals surface area contributed by atoms with Crippen LogP contribution in [0, 0.1) is 5.92 Å². The van der Waals surface area contributed by atoms with Gasteiger partial charge in [0.2, 0.25) is 0 Å². The number of nitrogens with zero attached hydrogens (tertiary/aromatic N) is 2. The minimum Gasteiger partial charge on any atom is -0.465 e. The predicted molar refractivity (Wildman–Crippen MR) is 95.7 cm³/mol. The Morgan fingerprint density at radius 3 is 2.70 bits per heavy atom. The van der Waals surface area contributed by atoms with Gasteiger partial charge in [-0.3, -0.25) is 9.89 Å². The van der Waals surface area contributed by atoms with Crippen LogP contribution >= 0.6 is 0 Å². The Morgan fingerprint density at radius 2 is 1.91 bits per heavy atom. The van der Waals surface area contributed by atoms with E-state index in [1.54, 1.807) is 0 Å². The molecule has 4 rings (SSSR count). The summed E-state index contributed by atoms with van der Waals surface area (Å²) in [6.07, 6.45) is 5.54. The maximum atomic E-state index is 6.60. The average Bonchev–Trinajstić information content (AvgIpc) is 3.09. The van der Waals surface area contributed by atoms with Gasteiger partial charge in [-0.05, 0) is 30.2 Å². The molecule has 2 aliphatic heterocycles. The van der Waals surface area contributed by atoms with E-state index >= 15 is 0 Å². The fourth-order valence-corrected chi connectivity index (χ4v) is 3.88. The summed E-state index contributed by atoms with van der Waals surface area (Å²) in [7, 11) is 0. The van der Waals surface area contributed by atoms with Crippen LogP contribution in [0.3, 0.4) is 0 Å². The molecule has 2 aromatic carbocycles. The largest absolute Gasteiger partial charge is 0.465 e. The fourth-order valence-electron chi connectivity index (χ4n) is 3.88. The van der Waals surface area contributed by atoms with Crippen LogP contribution in [-0.4, -0.2) is 29.9 Å². The minimum absolute atomic E-state index is 0.375.